The third kappa shape index (κ3) is 4.96. The number of carbonyl (C=O) groups is 2. The average molecular weight is 420 g/mol. The van der Waals surface area contributed by atoms with Crippen LogP contribution in [0.5, 0.6) is 0 Å². The van der Waals surface area contributed by atoms with E-state index >= 15 is 0 Å². The Morgan fingerprint density at radius 2 is 2.14 bits per heavy atom. The van der Waals surface area contributed by atoms with E-state index in [4.69, 9.17) is 5.73 Å². The van der Waals surface area contributed by atoms with E-state index in [1.165, 1.54) is 41.3 Å². The molecule has 2 amide bonds. The molecule has 3 aromatic rings. The number of nitrogens with two attached hydrogens (primary N) is 1. The lowest BCUT2D eigenvalue weighted by Gasteiger charge is -2.13. The number of nitrogens with zero attached hydrogens (tertiary/aromatic N) is 3. The lowest BCUT2D eigenvalue weighted by atomic mass is 10.3. The van der Waals surface area contributed by atoms with Gasteiger partial charge in [0.15, 0.2) is 11.0 Å². The molecule has 146 valence electrons. The number of benzene rings is 1. The number of thiophene rings is 1. The fourth-order valence-electron chi connectivity index (χ4n) is 2.41. The Morgan fingerprint density at radius 3 is 2.82 bits per heavy atom. The summed E-state index contributed by atoms with van der Waals surface area (Å²) in [7, 11) is 0. The van der Waals surface area contributed by atoms with E-state index in [2.05, 4.69) is 15.5 Å². The molecular formula is C18H18FN5O2S2. The molecule has 2 aromatic heterocycles. The second-order valence-electron chi connectivity index (χ2n) is 5.91. The number of rotatable bonds is 8. The molecule has 0 aliphatic heterocycles. The Balaban J connectivity index is 1.76. The first kappa shape index (κ1) is 20.0. The molecule has 3 N–H and O–H groups in total. The zero-order valence-corrected chi connectivity index (χ0v) is 16.6. The number of hydrogen-bond acceptors (Lipinski definition) is 6. The van der Waals surface area contributed by atoms with E-state index in [0.29, 0.717) is 23.2 Å². The summed E-state index contributed by atoms with van der Waals surface area (Å²) in [5.41, 5.74) is 5.66. The maximum absolute atomic E-state index is 13.3. The largest absolute Gasteiger partial charge is 0.370 e. The van der Waals surface area contributed by atoms with Crippen molar-refractivity contribution in [2.24, 2.45) is 5.73 Å². The lowest BCUT2D eigenvalue weighted by molar-refractivity contribution is -0.118. The normalized spacial score (nSPS) is 11.9. The van der Waals surface area contributed by atoms with Crippen LogP contribution in [0.3, 0.4) is 0 Å². The van der Waals surface area contributed by atoms with Gasteiger partial charge in [0, 0.05) is 18.7 Å². The smallest absolute Gasteiger partial charge is 0.237 e. The minimum Gasteiger partial charge on any atom is -0.370 e. The molecule has 0 spiro atoms. The van der Waals surface area contributed by atoms with Gasteiger partial charge in [-0.3, -0.25) is 9.59 Å². The van der Waals surface area contributed by atoms with Crippen LogP contribution in [0.4, 0.5) is 10.1 Å². The van der Waals surface area contributed by atoms with Crippen LogP contribution < -0.4 is 11.1 Å². The summed E-state index contributed by atoms with van der Waals surface area (Å²) in [6, 6.07) is 9.50. The van der Waals surface area contributed by atoms with Gasteiger partial charge >= 0.3 is 0 Å². The van der Waals surface area contributed by atoms with Gasteiger partial charge in [-0.25, -0.2) is 4.39 Å². The van der Waals surface area contributed by atoms with Crippen LogP contribution in [0.15, 0.2) is 46.9 Å². The van der Waals surface area contributed by atoms with E-state index in [1.807, 2.05) is 17.5 Å². The summed E-state index contributed by atoms with van der Waals surface area (Å²) in [6.45, 7) is 2.04. The first-order valence-electron chi connectivity index (χ1n) is 8.42. The van der Waals surface area contributed by atoms with Crippen LogP contribution in [0, 0.1) is 5.82 Å². The van der Waals surface area contributed by atoms with Gasteiger partial charge in [-0.05, 0) is 36.6 Å². The summed E-state index contributed by atoms with van der Waals surface area (Å²) in [5.74, 6) is -0.530. The van der Waals surface area contributed by atoms with E-state index < -0.39 is 17.0 Å². The fraction of sp³-hybridized carbons (Fsp3) is 0.222. The third-order valence-electron chi connectivity index (χ3n) is 3.78. The summed E-state index contributed by atoms with van der Waals surface area (Å²) in [4.78, 5) is 24.6. The molecule has 2 heterocycles. The Labute approximate surface area is 169 Å². The first-order valence-corrected chi connectivity index (χ1v) is 10.2. The van der Waals surface area contributed by atoms with Crippen LogP contribution >= 0.6 is 23.1 Å². The van der Waals surface area contributed by atoms with Crippen molar-refractivity contribution in [1.82, 2.24) is 14.8 Å². The Hall–Kier alpha value is -2.72. The van der Waals surface area contributed by atoms with Gasteiger partial charge in [-0.2, -0.15) is 0 Å². The number of halogens is 1. The van der Waals surface area contributed by atoms with Crippen molar-refractivity contribution in [3.63, 3.8) is 0 Å². The van der Waals surface area contributed by atoms with Crippen molar-refractivity contribution < 1.29 is 14.0 Å². The number of nitrogens with one attached hydrogen (secondary N) is 1. The lowest BCUT2D eigenvalue weighted by Crippen LogP contribution is -2.23. The minimum absolute atomic E-state index is 0.133. The number of thioether (sulfide) groups is 1. The second-order valence-corrected chi connectivity index (χ2v) is 8.17. The Kier molecular flexibility index (Phi) is 6.42. The Bertz CT molecular complexity index is 974. The molecule has 0 fully saturated rings. The van der Waals surface area contributed by atoms with E-state index in [0.717, 1.165) is 4.88 Å². The van der Waals surface area contributed by atoms with Crippen LogP contribution in [0.25, 0.3) is 10.7 Å². The number of hydrogen-bond donors (Lipinski definition) is 2. The topological polar surface area (TPSA) is 103 Å². The van der Waals surface area contributed by atoms with Gasteiger partial charge in [0.05, 0.1) is 10.1 Å². The molecule has 10 heteroatoms. The fourth-order valence-corrected chi connectivity index (χ4v) is 4.00. The van der Waals surface area contributed by atoms with Crippen molar-refractivity contribution in [2.75, 3.05) is 5.32 Å². The number of amides is 2. The van der Waals surface area contributed by atoms with Gasteiger partial charge in [0.2, 0.25) is 11.8 Å². The summed E-state index contributed by atoms with van der Waals surface area (Å²) in [5, 5.41) is 13.0. The summed E-state index contributed by atoms with van der Waals surface area (Å²) >= 11 is 2.71. The second kappa shape index (κ2) is 8.98. The maximum atomic E-state index is 13.3. The van der Waals surface area contributed by atoms with E-state index in [-0.39, 0.29) is 12.3 Å². The quantitative estimate of drug-likeness (QED) is 0.546. The van der Waals surface area contributed by atoms with Crippen LogP contribution in [0.1, 0.15) is 13.3 Å². The SMILES string of the molecule is CC(Sc1nnc(-c2cccs2)n1CCC(N)=O)C(=O)Nc1cccc(F)c1. The highest BCUT2D eigenvalue weighted by Gasteiger charge is 2.21. The third-order valence-corrected chi connectivity index (χ3v) is 5.73. The molecule has 28 heavy (non-hydrogen) atoms. The van der Waals surface area contributed by atoms with Crippen molar-refractivity contribution in [1.29, 1.82) is 0 Å². The average Bonchev–Trinajstić information content (AvgIpc) is 3.29. The highest BCUT2D eigenvalue weighted by molar-refractivity contribution is 8.00. The molecule has 0 radical (unpaired) electrons. The van der Waals surface area contributed by atoms with Gasteiger partial charge in [0.1, 0.15) is 5.82 Å². The number of carbonyl (C=O) groups excluding carboxylic acids is 2. The molecule has 0 saturated carbocycles. The molecule has 0 aliphatic carbocycles. The van der Waals surface area contributed by atoms with Gasteiger partial charge in [0.25, 0.3) is 0 Å². The maximum Gasteiger partial charge on any atom is 0.237 e. The van der Waals surface area contributed by atoms with Crippen LogP contribution in [-0.4, -0.2) is 31.8 Å². The molecule has 3 rings (SSSR count). The predicted molar refractivity (Wildman–Crippen MR) is 107 cm³/mol. The molecule has 1 unspecified atom stereocenters. The molecule has 0 saturated heterocycles. The van der Waals surface area contributed by atoms with Gasteiger partial charge < -0.3 is 15.6 Å². The first-order chi connectivity index (χ1) is 13.4. The highest BCUT2D eigenvalue weighted by atomic mass is 32.2. The predicted octanol–water partition coefficient (Wildman–Crippen LogP) is 3.14. The van der Waals surface area contributed by atoms with Crippen molar-refractivity contribution >= 4 is 40.6 Å². The Morgan fingerprint density at radius 1 is 1.32 bits per heavy atom. The molecule has 0 aliphatic rings. The standard InChI is InChI=1S/C18H18FN5O2S2/c1-11(17(26)21-13-5-2-4-12(19)10-13)28-18-23-22-16(14-6-3-9-27-14)24(18)8-7-15(20)25/h2-6,9-11H,7-8H2,1H3,(H2,20,25)(H,21,26). The molecule has 1 aromatic carbocycles. The number of aromatic nitrogens is 3. The van der Waals surface area contributed by atoms with Crippen molar-refractivity contribution in [3.8, 4) is 10.7 Å². The number of primary amides is 1. The minimum atomic E-state index is -0.518. The summed E-state index contributed by atoms with van der Waals surface area (Å²) in [6.07, 6.45) is 0.133. The molecular weight excluding hydrogens is 401 g/mol. The monoisotopic (exact) mass is 419 g/mol. The van der Waals surface area contributed by atoms with E-state index in [9.17, 15) is 14.0 Å². The van der Waals surface area contributed by atoms with Crippen LogP contribution in [-0.2, 0) is 16.1 Å². The molecule has 1 atom stereocenters. The zero-order chi connectivity index (χ0) is 20.1. The highest BCUT2D eigenvalue weighted by Crippen LogP contribution is 2.29. The molecule has 7 nitrogen and oxygen atoms in total. The van der Waals surface area contributed by atoms with Gasteiger partial charge in [-0.1, -0.05) is 23.9 Å². The number of anilines is 1. The van der Waals surface area contributed by atoms with Crippen molar-refractivity contribution in [2.45, 2.75) is 30.3 Å². The zero-order valence-electron chi connectivity index (χ0n) is 15.0. The van der Waals surface area contributed by atoms with Crippen molar-refractivity contribution in [3.05, 3.63) is 47.6 Å². The van der Waals surface area contributed by atoms with Gasteiger partial charge in [-0.15, -0.1) is 21.5 Å². The molecule has 0 bridgehead atoms. The van der Waals surface area contributed by atoms with Crippen LogP contribution in [0.2, 0.25) is 0 Å². The summed E-state index contributed by atoms with van der Waals surface area (Å²) < 4.78 is 15.1. The van der Waals surface area contributed by atoms with E-state index in [1.54, 1.807) is 17.6 Å².